The molecule has 0 bridgehead atoms. The van der Waals surface area contributed by atoms with Crippen LogP contribution in [0.25, 0.3) is 0 Å². The van der Waals surface area contributed by atoms with Gasteiger partial charge in [-0.2, -0.15) is 0 Å². The number of likely N-dealkylation sites (N-methyl/N-ethyl adjacent to an activating group) is 1. The smallest absolute Gasteiger partial charge is 0.312 e. The van der Waals surface area contributed by atoms with Crippen LogP contribution in [0.1, 0.15) is 177 Å². The fourth-order valence-electron chi connectivity index (χ4n) is 12.3. The van der Waals surface area contributed by atoms with Crippen molar-refractivity contribution in [2.24, 2.45) is 40.9 Å². The van der Waals surface area contributed by atoms with Crippen LogP contribution in [0.3, 0.4) is 0 Å². The number of hydrazine groups is 1. The highest BCUT2D eigenvalue weighted by molar-refractivity contribution is 6.12. The van der Waals surface area contributed by atoms with Gasteiger partial charge >= 0.3 is 5.97 Å². The van der Waals surface area contributed by atoms with Gasteiger partial charge in [0.2, 0.25) is 23.6 Å². The molecule has 18 heteroatoms. The second-order valence-electron chi connectivity index (χ2n) is 23.8. The predicted molar refractivity (Wildman–Crippen MR) is 306 cm³/mol. The van der Waals surface area contributed by atoms with E-state index in [0.717, 1.165) is 18.4 Å². The Hall–Kier alpha value is -5.33. The molecule has 3 aliphatic rings. The fraction of sp³-hybridized carbons (Fsp3) is 0.726. The molecule has 1 aromatic carbocycles. The van der Waals surface area contributed by atoms with Gasteiger partial charge < -0.3 is 24.4 Å². The summed E-state index contributed by atoms with van der Waals surface area (Å²) in [6, 6.07) is 8.42. The number of amides is 6. The van der Waals surface area contributed by atoms with Crippen molar-refractivity contribution in [3.63, 3.8) is 0 Å². The Labute approximate surface area is 477 Å². The number of hydrogen-bond donors (Lipinski definition) is 3. The highest BCUT2D eigenvalue weighted by Gasteiger charge is 2.61. The molecule has 1 saturated heterocycles. The zero-order valence-electron chi connectivity index (χ0n) is 50.4. The van der Waals surface area contributed by atoms with Crippen molar-refractivity contribution in [3.05, 3.63) is 48.0 Å². The van der Waals surface area contributed by atoms with E-state index in [1.54, 1.807) is 14.2 Å². The second kappa shape index (κ2) is 32.9. The summed E-state index contributed by atoms with van der Waals surface area (Å²) < 4.78 is 17.8. The summed E-state index contributed by atoms with van der Waals surface area (Å²) in [6.07, 6.45) is 9.43. The highest BCUT2D eigenvalue weighted by Crippen LogP contribution is 2.63. The maximum Gasteiger partial charge on any atom is 0.312 e. The lowest BCUT2D eigenvalue weighted by molar-refractivity contribution is -0.150. The number of nitrogens with zero attached hydrogens (tertiary/aromatic N) is 3. The zero-order valence-corrected chi connectivity index (χ0v) is 50.4. The van der Waals surface area contributed by atoms with Crippen molar-refractivity contribution < 1.29 is 57.4 Å². The van der Waals surface area contributed by atoms with Crippen LogP contribution in [0.2, 0.25) is 0 Å². The number of ether oxygens (including phenoxy) is 3. The number of likely N-dealkylation sites (tertiary alicyclic amines) is 1. The van der Waals surface area contributed by atoms with Gasteiger partial charge in [0.05, 0.1) is 48.8 Å². The van der Waals surface area contributed by atoms with Crippen LogP contribution in [-0.4, -0.2) is 146 Å². The lowest BCUT2D eigenvalue weighted by Crippen LogP contribution is -2.54. The van der Waals surface area contributed by atoms with Gasteiger partial charge in [0, 0.05) is 77.0 Å². The Balaban J connectivity index is 1.26. The number of benzene rings is 1. The SMILES string of the molecule is CCOC(=O)[C@]1(CCCC(=O)[C@H](C)[C@@H](OC)[C@@H]2CCCN2C(=O)C[C@@H](OC)[C@@H](CC(C)CC(=O)[C@@H](NC(=O)[C@H](C(C)C)N(C)CCCC(=O)NNC(=O)CCCCCN2C(=O)C=CC2=O)C(C)C)[C@@H](C)CC)C[C@@H]1c1ccccc1. The Morgan fingerprint density at radius 3 is 2.01 bits per heavy atom. The number of esters is 1. The molecule has 0 aromatic heterocycles. The van der Waals surface area contributed by atoms with E-state index in [1.165, 1.54) is 17.1 Å². The molecule has 80 heavy (non-hydrogen) atoms. The van der Waals surface area contributed by atoms with Crippen LogP contribution in [0.5, 0.6) is 0 Å². The first-order valence-corrected chi connectivity index (χ1v) is 29.8. The third-order valence-corrected chi connectivity index (χ3v) is 17.2. The lowest BCUT2D eigenvalue weighted by Gasteiger charge is -2.37. The molecule has 1 unspecified atom stereocenters. The van der Waals surface area contributed by atoms with Crippen LogP contribution in [0, 0.1) is 40.9 Å². The van der Waals surface area contributed by atoms with Gasteiger partial charge in [0.15, 0.2) is 5.78 Å². The highest BCUT2D eigenvalue weighted by atomic mass is 16.5. The Kier molecular flexibility index (Phi) is 27.7. The van der Waals surface area contributed by atoms with Gasteiger partial charge in [-0.05, 0) is 113 Å². The summed E-state index contributed by atoms with van der Waals surface area (Å²) in [4.78, 5) is 123. The van der Waals surface area contributed by atoms with E-state index < -0.39 is 35.6 Å². The zero-order chi connectivity index (χ0) is 59.3. The molecular formula is C62H98N6O12. The van der Waals surface area contributed by atoms with Crippen molar-refractivity contribution in [1.29, 1.82) is 0 Å². The first-order chi connectivity index (χ1) is 38.0. The summed E-state index contributed by atoms with van der Waals surface area (Å²) in [5.41, 5.74) is 5.37. The number of rotatable bonds is 37. The fourth-order valence-corrected chi connectivity index (χ4v) is 12.3. The van der Waals surface area contributed by atoms with Crippen molar-refractivity contribution in [2.75, 3.05) is 47.5 Å². The number of carbonyl (C=O) groups is 9. The second-order valence-corrected chi connectivity index (χ2v) is 23.8. The number of unbranched alkanes of at least 4 members (excludes halogenated alkanes) is 2. The summed E-state index contributed by atoms with van der Waals surface area (Å²) >= 11 is 0. The van der Waals surface area contributed by atoms with Gasteiger partial charge in [0.25, 0.3) is 11.8 Å². The molecule has 1 saturated carbocycles. The normalized spacial score (nSPS) is 21.0. The molecule has 2 heterocycles. The minimum Gasteiger partial charge on any atom is -0.466 e. The first kappa shape index (κ1) is 67.2. The van der Waals surface area contributed by atoms with E-state index in [9.17, 15) is 43.2 Å². The molecule has 0 spiro atoms. The number of ketones is 2. The summed E-state index contributed by atoms with van der Waals surface area (Å²) in [5.74, 6) is -2.58. The Bertz CT molecular complexity index is 2240. The molecule has 18 nitrogen and oxygen atoms in total. The number of imide groups is 1. The monoisotopic (exact) mass is 1120 g/mol. The van der Waals surface area contributed by atoms with Gasteiger partial charge in [0.1, 0.15) is 5.78 Å². The summed E-state index contributed by atoms with van der Waals surface area (Å²) in [7, 11) is 5.06. The van der Waals surface area contributed by atoms with Crippen LogP contribution in [0.4, 0.5) is 0 Å². The first-order valence-electron chi connectivity index (χ1n) is 29.8. The van der Waals surface area contributed by atoms with Crippen LogP contribution >= 0.6 is 0 Å². The molecular weight excluding hydrogens is 1020 g/mol. The summed E-state index contributed by atoms with van der Waals surface area (Å²) in [6.45, 7) is 19.3. The molecule has 4 rings (SSSR count). The predicted octanol–water partition coefficient (Wildman–Crippen LogP) is 7.67. The molecule has 11 atom stereocenters. The standard InChI is InChI=1S/C62H98N6O12/c1-13-43(8)46(51(78-11)38-56(75)67-35-22-26-48(67)59(79-12)44(9)49(69)27-21-32-62(61(77)80-14-2)39-47(62)45-24-17-15-18-25-45)36-42(7)37-50(70)57(40(3)4)63-60(76)58(41(5)6)66(10)33-23-29-53(72)65-64-52(71)28-19-16-20-34-68-54(73)30-31-55(68)74/h15,17-18,24-25,30-31,40-44,46-48,51,57-59H,13-14,16,19-23,26-29,32-39H2,1-12H3,(H,63,76)(H,64,71)(H,65,72)/t42?,43-,44-,46-,47+,48-,51+,57-,58-,59+,62+/m0/s1. The largest absolute Gasteiger partial charge is 0.466 e. The maximum atomic E-state index is 14.4. The molecule has 6 amide bonds. The summed E-state index contributed by atoms with van der Waals surface area (Å²) in [5, 5.41) is 3.09. The number of methoxy groups -OCH3 is 2. The maximum absolute atomic E-state index is 14.4. The van der Waals surface area contributed by atoms with Gasteiger partial charge in [-0.15, -0.1) is 0 Å². The third kappa shape index (κ3) is 19.1. The van der Waals surface area contributed by atoms with Crippen LogP contribution < -0.4 is 16.2 Å². The number of nitrogens with one attached hydrogen (secondary N) is 3. The molecule has 448 valence electrons. The van der Waals surface area contributed by atoms with E-state index in [1.807, 2.05) is 95.6 Å². The molecule has 1 aliphatic carbocycles. The van der Waals surface area contributed by atoms with E-state index in [2.05, 4.69) is 30.0 Å². The Morgan fingerprint density at radius 2 is 1.43 bits per heavy atom. The van der Waals surface area contributed by atoms with Crippen molar-refractivity contribution >= 4 is 53.0 Å². The quantitative estimate of drug-likeness (QED) is 0.0252. The lowest BCUT2D eigenvalue weighted by atomic mass is 9.77. The van der Waals surface area contributed by atoms with E-state index >= 15 is 0 Å². The molecule has 1 aromatic rings. The van der Waals surface area contributed by atoms with E-state index in [-0.39, 0.29) is 120 Å². The average Bonchev–Trinajstić information content (AvgIpc) is 4.02. The van der Waals surface area contributed by atoms with Crippen LogP contribution in [-0.2, 0) is 57.4 Å². The van der Waals surface area contributed by atoms with Gasteiger partial charge in [-0.25, -0.2) is 0 Å². The van der Waals surface area contributed by atoms with Gasteiger partial charge in [-0.3, -0.25) is 63.8 Å². The molecule has 2 fully saturated rings. The number of hydrogen-bond acceptors (Lipinski definition) is 13. The Morgan fingerprint density at radius 1 is 0.775 bits per heavy atom. The van der Waals surface area contributed by atoms with Crippen LogP contribution in [0.15, 0.2) is 42.5 Å². The third-order valence-electron chi connectivity index (χ3n) is 17.2. The van der Waals surface area contributed by atoms with E-state index in [0.29, 0.717) is 90.4 Å². The topological polar surface area (TPSA) is 227 Å². The number of carbonyl (C=O) groups excluding carboxylic acids is 9. The van der Waals surface area contributed by atoms with Crippen molar-refractivity contribution in [1.82, 2.24) is 30.9 Å². The van der Waals surface area contributed by atoms with Gasteiger partial charge in [-0.1, -0.05) is 98.6 Å². The minimum absolute atomic E-state index is 0.0446. The van der Waals surface area contributed by atoms with Crippen molar-refractivity contribution in [2.45, 2.75) is 201 Å². The number of Topliss-reactive ketones (excluding diaryl/α,β-unsaturated/α-hetero) is 2. The van der Waals surface area contributed by atoms with E-state index in [4.69, 9.17) is 14.2 Å². The minimum atomic E-state index is -0.729. The van der Waals surface area contributed by atoms with Crippen molar-refractivity contribution in [3.8, 4) is 0 Å². The average molecular weight is 1120 g/mol. The molecule has 3 N–H and O–H groups in total. The molecule has 0 radical (unpaired) electrons. The molecule has 2 aliphatic heterocycles.